The first kappa shape index (κ1) is 9.51. The van der Waals surface area contributed by atoms with Crippen LogP contribution < -0.4 is 0 Å². The van der Waals surface area contributed by atoms with E-state index in [0.29, 0.717) is 0 Å². The van der Waals surface area contributed by atoms with Crippen LogP contribution in [0, 0.1) is 22.7 Å². The molecule has 3 heteroatoms. The number of likely N-dealkylation sites (tertiary alicyclic amines) is 1. The monoisotopic (exact) mass is 192 g/mol. The average Bonchev–Trinajstić information content (AvgIpc) is 2.64. The molecule has 1 amide bonds. The molecule has 0 spiro atoms. The van der Waals surface area contributed by atoms with Crippen LogP contribution in [-0.2, 0) is 4.79 Å². The molecule has 14 heavy (non-hydrogen) atoms. The molecule has 2 fully saturated rings. The summed E-state index contributed by atoms with van der Waals surface area (Å²) in [6, 6.07) is 2.06. The summed E-state index contributed by atoms with van der Waals surface area (Å²) in [4.78, 5) is 13.7. The van der Waals surface area contributed by atoms with Crippen molar-refractivity contribution in [3.05, 3.63) is 0 Å². The molecular formula is C11H16N2O. The fourth-order valence-corrected chi connectivity index (χ4v) is 2.25. The van der Waals surface area contributed by atoms with Crippen LogP contribution in [0.1, 0.15) is 33.1 Å². The molecule has 1 aliphatic heterocycles. The highest BCUT2D eigenvalue weighted by Crippen LogP contribution is 2.52. The molecule has 1 saturated carbocycles. The van der Waals surface area contributed by atoms with Crippen molar-refractivity contribution in [3.8, 4) is 6.07 Å². The molecule has 0 radical (unpaired) electrons. The summed E-state index contributed by atoms with van der Waals surface area (Å²) in [5.41, 5.74) is 0.180. The molecule has 2 aliphatic rings. The quantitative estimate of drug-likeness (QED) is 0.632. The minimum absolute atomic E-state index is 0.154. The highest BCUT2D eigenvalue weighted by Gasteiger charge is 2.53. The number of nitriles is 1. The molecule has 0 bridgehead atoms. The summed E-state index contributed by atoms with van der Waals surface area (Å²) in [7, 11) is 0. The minimum Gasteiger partial charge on any atom is -0.326 e. The summed E-state index contributed by atoms with van der Waals surface area (Å²) >= 11 is 0. The van der Waals surface area contributed by atoms with E-state index < -0.39 is 0 Å². The molecule has 0 aromatic carbocycles. The second-order valence-electron chi connectivity index (χ2n) is 5.06. The Hall–Kier alpha value is -1.04. The van der Waals surface area contributed by atoms with Gasteiger partial charge in [-0.3, -0.25) is 4.79 Å². The van der Waals surface area contributed by atoms with E-state index >= 15 is 0 Å². The Balaban J connectivity index is 2.03. The molecule has 76 valence electrons. The maximum atomic E-state index is 12.0. The van der Waals surface area contributed by atoms with Gasteiger partial charge in [-0.25, -0.2) is 0 Å². The topological polar surface area (TPSA) is 44.1 Å². The third kappa shape index (κ3) is 1.39. The van der Waals surface area contributed by atoms with Gasteiger partial charge in [0.1, 0.15) is 6.04 Å². The Kier molecular flexibility index (Phi) is 2.02. The van der Waals surface area contributed by atoms with Gasteiger partial charge in [-0.15, -0.1) is 0 Å². The van der Waals surface area contributed by atoms with Crippen LogP contribution >= 0.6 is 0 Å². The van der Waals surface area contributed by atoms with Crippen LogP contribution in [-0.4, -0.2) is 23.4 Å². The van der Waals surface area contributed by atoms with Crippen molar-refractivity contribution < 1.29 is 4.79 Å². The Morgan fingerprint density at radius 1 is 1.57 bits per heavy atom. The summed E-state index contributed by atoms with van der Waals surface area (Å²) in [5.74, 6) is 0.385. The van der Waals surface area contributed by atoms with E-state index in [1.54, 1.807) is 4.90 Å². The third-order valence-corrected chi connectivity index (χ3v) is 3.50. The Bertz CT molecular complexity index is 303. The van der Waals surface area contributed by atoms with Gasteiger partial charge in [0.25, 0.3) is 0 Å². The van der Waals surface area contributed by atoms with Gasteiger partial charge >= 0.3 is 0 Å². The van der Waals surface area contributed by atoms with Gasteiger partial charge in [-0.2, -0.15) is 5.26 Å². The molecule has 1 heterocycles. The molecule has 1 saturated heterocycles. The van der Waals surface area contributed by atoms with Crippen LogP contribution in [0.2, 0.25) is 0 Å². The summed E-state index contributed by atoms with van der Waals surface area (Å²) in [5, 5.41) is 8.87. The molecular weight excluding hydrogens is 176 g/mol. The zero-order valence-electron chi connectivity index (χ0n) is 8.79. The lowest BCUT2D eigenvalue weighted by Crippen LogP contribution is -2.36. The molecule has 0 N–H and O–H groups in total. The fraction of sp³-hybridized carbons (Fsp3) is 0.818. The zero-order valence-corrected chi connectivity index (χ0v) is 8.79. The number of carbonyl (C=O) groups is 1. The van der Waals surface area contributed by atoms with Gasteiger partial charge in [-0.05, 0) is 24.7 Å². The van der Waals surface area contributed by atoms with Crippen molar-refractivity contribution in [2.75, 3.05) is 6.54 Å². The summed E-state index contributed by atoms with van der Waals surface area (Å²) < 4.78 is 0. The number of rotatable bonds is 1. The molecule has 0 aromatic heterocycles. The predicted molar refractivity (Wildman–Crippen MR) is 52.2 cm³/mol. The van der Waals surface area contributed by atoms with Gasteiger partial charge in [0.15, 0.2) is 0 Å². The van der Waals surface area contributed by atoms with Crippen molar-refractivity contribution in [2.45, 2.75) is 39.2 Å². The number of hydrogen-bond acceptors (Lipinski definition) is 2. The van der Waals surface area contributed by atoms with E-state index in [2.05, 4.69) is 19.9 Å². The van der Waals surface area contributed by atoms with E-state index in [1.165, 1.54) is 0 Å². The lowest BCUT2D eigenvalue weighted by atomic mass is 10.1. The summed E-state index contributed by atoms with van der Waals surface area (Å²) in [6.07, 6.45) is 2.83. The first-order valence-electron chi connectivity index (χ1n) is 5.26. The number of hydrogen-bond donors (Lipinski definition) is 0. The lowest BCUT2D eigenvalue weighted by Gasteiger charge is -2.20. The van der Waals surface area contributed by atoms with Crippen LogP contribution in [0.3, 0.4) is 0 Å². The highest BCUT2D eigenvalue weighted by atomic mass is 16.2. The average molecular weight is 192 g/mol. The Labute approximate surface area is 84.7 Å². The molecule has 0 aromatic rings. The first-order valence-corrected chi connectivity index (χ1v) is 5.26. The second kappa shape index (κ2) is 2.98. The molecule has 3 nitrogen and oxygen atoms in total. The van der Waals surface area contributed by atoms with Crippen molar-refractivity contribution >= 4 is 5.91 Å². The van der Waals surface area contributed by atoms with Crippen LogP contribution in [0.4, 0.5) is 0 Å². The zero-order chi connectivity index (χ0) is 10.3. The second-order valence-corrected chi connectivity index (χ2v) is 5.06. The first-order chi connectivity index (χ1) is 6.56. The van der Waals surface area contributed by atoms with Crippen LogP contribution in [0.5, 0.6) is 0 Å². The smallest absolute Gasteiger partial charge is 0.227 e. The van der Waals surface area contributed by atoms with Gasteiger partial charge in [0.05, 0.1) is 6.07 Å². The molecule has 2 atom stereocenters. The predicted octanol–water partition coefficient (Wildman–Crippen LogP) is 1.55. The molecule has 2 rings (SSSR count). The van der Waals surface area contributed by atoms with Gasteiger partial charge in [-0.1, -0.05) is 13.8 Å². The maximum Gasteiger partial charge on any atom is 0.227 e. The number of carbonyl (C=O) groups excluding carboxylic acids is 1. The van der Waals surface area contributed by atoms with Gasteiger partial charge in [0, 0.05) is 12.5 Å². The Morgan fingerprint density at radius 3 is 2.71 bits per heavy atom. The van der Waals surface area contributed by atoms with Crippen LogP contribution in [0.15, 0.2) is 0 Å². The third-order valence-electron chi connectivity index (χ3n) is 3.50. The van der Waals surface area contributed by atoms with Crippen LogP contribution in [0.25, 0.3) is 0 Å². The number of nitrogens with zero attached hydrogens (tertiary/aromatic N) is 2. The van der Waals surface area contributed by atoms with Crippen molar-refractivity contribution in [2.24, 2.45) is 11.3 Å². The van der Waals surface area contributed by atoms with Gasteiger partial charge < -0.3 is 4.90 Å². The van der Waals surface area contributed by atoms with Crippen molar-refractivity contribution in [1.29, 1.82) is 5.26 Å². The SMILES string of the molecule is CC1(C)CC1C(=O)N1CCCC1C#N. The van der Waals surface area contributed by atoms with Crippen molar-refractivity contribution in [1.82, 2.24) is 4.90 Å². The normalized spacial score (nSPS) is 33.9. The lowest BCUT2D eigenvalue weighted by molar-refractivity contribution is -0.133. The summed E-state index contributed by atoms with van der Waals surface area (Å²) in [6.45, 7) is 5.02. The van der Waals surface area contributed by atoms with Crippen molar-refractivity contribution in [3.63, 3.8) is 0 Å². The van der Waals surface area contributed by atoms with E-state index in [1.807, 2.05) is 0 Å². The standard InChI is InChI=1S/C11H16N2O/c1-11(2)6-9(11)10(14)13-5-3-4-8(13)7-12/h8-9H,3-6H2,1-2H3. The fourth-order valence-electron chi connectivity index (χ4n) is 2.25. The van der Waals surface area contributed by atoms with E-state index in [4.69, 9.17) is 5.26 Å². The highest BCUT2D eigenvalue weighted by molar-refractivity contribution is 5.83. The van der Waals surface area contributed by atoms with Gasteiger partial charge in [0.2, 0.25) is 5.91 Å². The van der Waals surface area contributed by atoms with E-state index in [0.717, 1.165) is 25.8 Å². The molecule has 1 aliphatic carbocycles. The Morgan fingerprint density at radius 2 is 2.21 bits per heavy atom. The van der Waals surface area contributed by atoms with E-state index in [-0.39, 0.29) is 23.3 Å². The largest absolute Gasteiger partial charge is 0.326 e. The molecule has 2 unspecified atom stereocenters. The maximum absolute atomic E-state index is 12.0. The van der Waals surface area contributed by atoms with E-state index in [9.17, 15) is 4.79 Å². The minimum atomic E-state index is -0.154. The number of amides is 1.